The fraction of sp³-hybridized carbons (Fsp3) is 0.479. The van der Waals surface area contributed by atoms with E-state index in [0.717, 1.165) is 13.1 Å². The number of aliphatic hydroxyl groups excluding tert-OH is 2. The van der Waals surface area contributed by atoms with Gasteiger partial charge in [-0.3, -0.25) is 29.9 Å². The second-order valence-electron chi connectivity index (χ2n) is 18.0. The minimum atomic E-state index is -1.89. The smallest absolute Gasteiger partial charge is 0.302 e. The van der Waals surface area contributed by atoms with Crippen LogP contribution in [-0.2, 0) is 23.8 Å². The number of hydroxylamine groups is 1. The van der Waals surface area contributed by atoms with Crippen LogP contribution in [0.5, 0.6) is 11.5 Å². The average Bonchev–Trinajstić information content (AvgIpc) is 3.59. The first-order valence-electron chi connectivity index (χ1n) is 22.0. The standard InChI is InChI=1S/C48H59N5O13/c1-22-12-11-13-23(2)47(60)50-38-42(59)34-33(37-45(38)65-32-21-29(20-30(55)36(32)49-37)53-17-15-52(9)16-18-53)35-44(27(6)41(34)58)66-48(8,46(35)51-61)63-19-14-31(62-10)24(3)43(64-28(7)54)26(5)40(57)25(4)39(22)56/h11-14,19-22,24-26,31,39-40,43,51,56-58,61H,15-18H2,1-10H3,(H,50,60)/b12-11+,19-14+,23-13-/t22-,24+,25+,26+,31-,39-,40+,43+,48-/m0/s1. The number of aromatic hydroxyl groups is 1. The van der Waals surface area contributed by atoms with Gasteiger partial charge in [0.15, 0.2) is 16.7 Å². The molecule has 1 saturated heterocycles. The molecular formula is C48H59N5O13. The molecule has 3 aliphatic heterocycles. The predicted octanol–water partition coefficient (Wildman–Crippen LogP) is 3.73. The van der Waals surface area contributed by atoms with Crippen LogP contribution in [0.25, 0.3) is 38.7 Å². The number of hydrogen-bond acceptors (Lipinski definition) is 17. The van der Waals surface area contributed by atoms with Crippen molar-refractivity contribution in [3.05, 3.63) is 79.5 Å². The summed E-state index contributed by atoms with van der Waals surface area (Å²) >= 11 is 0. The van der Waals surface area contributed by atoms with Gasteiger partial charge in [0.25, 0.3) is 11.7 Å². The first-order valence-corrected chi connectivity index (χ1v) is 22.0. The van der Waals surface area contributed by atoms with E-state index in [-0.39, 0.29) is 66.5 Å². The zero-order valence-electron chi connectivity index (χ0n) is 38.8. The Morgan fingerprint density at radius 3 is 2.32 bits per heavy atom. The zero-order valence-corrected chi connectivity index (χ0v) is 38.8. The molecule has 0 spiro atoms. The van der Waals surface area contributed by atoms with Crippen molar-refractivity contribution in [1.29, 1.82) is 0 Å². The molecule has 0 aliphatic carbocycles. The number of nitrogens with one attached hydrogen (secondary N) is 2. The molecular weight excluding hydrogens is 855 g/mol. The van der Waals surface area contributed by atoms with Crippen LogP contribution in [-0.4, -0.2) is 113 Å². The van der Waals surface area contributed by atoms with Gasteiger partial charge in [-0.05, 0) is 27.0 Å². The van der Waals surface area contributed by atoms with Crippen molar-refractivity contribution < 1.29 is 53.5 Å². The van der Waals surface area contributed by atoms with Crippen LogP contribution in [0, 0.1) is 30.6 Å². The first-order chi connectivity index (χ1) is 31.2. The number of aromatic nitrogens is 1. The lowest BCUT2D eigenvalue weighted by Crippen LogP contribution is -2.46. The highest BCUT2D eigenvalue weighted by atomic mass is 16.7. The largest absolute Gasteiger partial charge is 0.507 e. The maximum atomic E-state index is 14.9. The quantitative estimate of drug-likeness (QED) is 0.0740. The maximum Gasteiger partial charge on any atom is 0.302 e. The molecule has 1 amide bonds. The molecule has 0 radical (unpaired) electrons. The van der Waals surface area contributed by atoms with Crippen molar-refractivity contribution in [2.24, 2.45) is 23.7 Å². The third-order valence-electron chi connectivity index (χ3n) is 13.4. The van der Waals surface area contributed by atoms with Gasteiger partial charge < -0.3 is 53.8 Å². The van der Waals surface area contributed by atoms with Crippen LogP contribution in [0.1, 0.15) is 54.0 Å². The van der Waals surface area contributed by atoms with Crippen molar-refractivity contribution in [2.45, 2.75) is 85.6 Å². The highest BCUT2D eigenvalue weighted by Gasteiger charge is 2.44. The Balaban J connectivity index is 1.50. The molecule has 3 aliphatic rings. The minimum absolute atomic E-state index is 0.00406. The summed E-state index contributed by atoms with van der Waals surface area (Å²) in [6.45, 7) is 15.5. The number of esters is 1. The Labute approximate surface area is 380 Å². The van der Waals surface area contributed by atoms with Crippen molar-refractivity contribution in [3.8, 4) is 11.5 Å². The second-order valence-corrected chi connectivity index (χ2v) is 18.0. The van der Waals surface area contributed by atoms with E-state index < -0.39 is 82.4 Å². The number of amides is 1. The monoisotopic (exact) mass is 913 g/mol. The highest BCUT2D eigenvalue weighted by molar-refractivity contribution is 6.17. The van der Waals surface area contributed by atoms with Crippen molar-refractivity contribution >= 4 is 61.9 Å². The van der Waals surface area contributed by atoms with Crippen LogP contribution in [0.15, 0.2) is 62.3 Å². The number of anilines is 2. The van der Waals surface area contributed by atoms with E-state index in [0.29, 0.717) is 18.8 Å². The molecule has 1 aromatic heterocycles. The number of methoxy groups -OCH3 is 1. The number of aliphatic hydroxyl groups is 2. The molecule has 4 aromatic rings. The number of phenolic OH excluding ortho intramolecular Hbond substituents is 1. The topological polar surface area (TPSA) is 243 Å². The van der Waals surface area contributed by atoms with Gasteiger partial charge in [-0.15, -0.1) is 0 Å². The fourth-order valence-corrected chi connectivity index (χ4v) is 9.30. The molecule has 0 saturated carbocycles. The summed E-state index contributed by atoms with van der Waals surface area (Å²) in [6, 6.07) is 3.12. The van der Waals surface area contributed by atoms with E-state index in [2.05, 4.69) is 15.7 Å². The number of fused-ring (bicyclic) bond motifs is 2. The van der Waals surface area contributed by atoms with Gasteiger partial charge in [0, 0.05) is 105 Å². The molecule has 6 N–H and O–H groups in total. The number of rotatable bonds is 4. The molecule has 0 unspecified atom stereocenters. The third-order valence-corrected chi connectivity index (χ3v) is 13.4. The van der Waals surface area contributed by atoms with E-state index in [4.69, 9.17) is 28.3 Å². The normalized spacial score (nSPS) is 29.9. The number of carbonyl (C=O) groups is 2. The summed E-state index contributed by atoms with van der Waals surface area (Å²) in [6.07, 6.45) is 3.59. The van der Waals surface area contributed by atoms with Gasteiger partial charge >= 0.3 is 5.97 Å². The first kappa shape index (κ1) is 47.9. The summed E-state index contributed by atoms with van der Waals surface area (Å²) in [4.78, 5) is 64.4. The molecule has 4 heterocycles. The number of allylic oxidation sites excluding steroid dienone is 2. The number of likely N-dealkylation sites (N-methyl/N-ethyl adjacent to an activating group) is 1. The lowest BCUT2D eigenvalue weighted by Gasteiger charge is -2.38. The number of hydrogen-bond donors (Lipinski definition) is 6. The van der Waals surface area contributed by atoms with E-state index in [1.807, 2.05) is 11.9 Å². The van der Waals surface area contributed by atoms with Gasteiger partial charge in [0.2, 0.25) is 10.9 Å². The molecule has 354 valence electrons. The lowest BCUT2D eigenvalue weighted by atomic mass is 9.78. The fourth-order valence-electron chi connectivity index (χ4n) is 9.30. The number of benzene rings is 3. The number of piperazine rings is 1. The Hall–Kier alpha value is -6.05. The van der Waals surface area contributed by atoms with Crippen LogP contribution < -0.4 is 36.5 Å². The average molecular weight is 914 g/mol. The maximum absolute atomic E-state index is 14.9. The number of carbonyl (C=O) groups excluding carboxylic acids is 2. The van der Waals surface area contributed by atoms with Crippen molar-refractivity contribution in [2.75, 3.05) is 50.6 Å². The molecule has 66 heavy (non-hydrogen) atoms. The summed E-state index contributed by atoms with van der Waals surface area (Å²) in [5, 5.41) is 48.2. The van der Waals surface area contributed by atoms with Gasteiger partial charge in [-0.25, -0.2) is 4.98 Å². The van der Waals surface area contributed by atoms with E-state index in [1.54, 1.807) is 45.9 Å². The molecule has 3 aromatic carbocycles. The summed E-state index contributed by atoms with van der Waals surface area (Å²) < 4.78 is 30.7. The van der Waals surface area contributed by atoms with Crippen LogP contribution >= 0.6 is 0 Å². The summed E-state index contributed by atoms with van der Waals surface area (Å²) in [7, 11) is 3.46. The molecule has 7 rings (SSSR count). The van der Waals surface area contributed by atoms with Crippen LogP contribution in [0.3, 0.4) is 0 Å². The second kappa shape index (κ2) is 18.7. The SMILES string of the molecule is CO[C@H]1/C=C/O[C@@]2(C)Oc3c(C)c(O)c4c(=O)c(c5oc6cc(N7CCN(C)CC7)cc(=O)c6nc5c4c3=C2NO)NC(=O)/C(C)=C\C=C\[C@H](C)[C@H](O)[C@@H](C)[C@@H](O)[C@@H](C)[C@H](OC(C)=O)[C@@H]1C. The third kappa shape index (κ3) is 8.59. The molecule has 18 heteroatoms. The Morgan fingerprint density at radius 1 is 0.970 bits per heavy atom. The number of phenols is 1. The van der Waals surface area contributed by atoms with Gasteiger partial charge in [-0.2, -0.15) is 0 Å². The van der Waals surface area contributed by atoms with Crippen molar-refractivity contribution in [1.82, 2.24) is 15.4 Å². The minimum Gasteiger partial charge on any atom is -0.507 e. The van der Waals surface area contributed by atoms with E-state index >= 15 is 0 Å². The van der Waals surface area contributed by atoms with Gasteiger partial charge in [0.1, 0.15) is 34.5 Å². The predicted molar refractivity (Wildman–Crippen MR) is 247 cm³/mol. The number of nitrogens with zero attached hydrogens (tertiary/aromatic N) is 3. The molecule has 4 bridgehead atoms. The Bertz CT molecular complexity index is 2850. The van der Waals surface area contributed by atoms with Crippen LogP contribution in [0.2, 0.25) is 0 Å². The van der Waals surface area contributed by atoms with Gasteiger partial charge in [0.05, 0.1) is 35.2 Å². The zero-order chi connectivity index (χ0) is 48.1. The number of ether oxygens (including phenoxy) is 4. The molecule has 1 fully saturated rings. The van der Waals surface area contributed by atoms with Gasteiger partial charge in [-0.1, -0.05) is 45.9 Å². The molecule has 9 atom stereocenters. The van der Waals surface area contributed by atoms with Crippen molar-refractivity contribution in [3.63, 3.8) is 0 Å². The highest BCUT2D eigenvalue weighted by Crippen LogP contribution is 2.42. The van der Waals surface area contributed by atoms with E-state index in [9.17, 15) is 39.7 Å². The summed E-state index contributed by atoms with van der Waals surface area (Å²) in [5.41, 5.74) is 0.729. The Kier molecular flexibility index (Phi) is 13.6. The van der Waals surface area contributed by atoms with Crippen LogP contribution in [0.4, 0.5) is 11.4 Å². The lowest BCUT2D eigenvalue weighted by molar-refractivity contribution is -0.160. The van der Waals surface area contributed by atoms with E-state index in [1.165, 1.54) is 59.3 Å². The molecule has 18 nitrogen and oxygen atoms in total. The Morgan fingerprint density at radius 2 is 1.67 bits per heavy atom. The summed E-state index contributed by atoms with van der Waals surface area (Å²) in [5.74, 6) is -6.27.